The number of aliphatic hydroxyl groups excluding tert-OH is 1. The van der Waals surface area contributed by atoms with Crippen molar-refractivity contribution in [2.75, 3.05) is 0 Å². The van der Waals surface area contributed by atoms with Crippen LogP contribution in [0.1, 0.15) is 11.7 Å². The van der Waals surface area contributed by atoms with Crippen LogP contribution in [0.3, 0.4) is 0 Å². The van der Waals surface area contributed by atoms with Crippen molar-refractivity contribution < 1.29 is 22.7 Å². The number of aliphatic hydroxyl groups is 1. The molecule has 1 rings (SSSR count). The molecule has 5 heteroatoms. The maximum Gasteiger partial charge on any atom is 0.417 e. The first-order valence-corrected chi connectivity index (χ1v) is 3.86. The molecule has 1 aromatic rings. The number of hydrogen-bond donors (Lipinski definition) is 1. The van der Waals surface area contributed by atoms with Crippen LogP contribution >= 0.6 is 0 Å². The summed E-state index contributed by atoms with van der Waals surface area (Å²) in [6.45, 7) is 0. The highest BCUT2D eigenvalue weighted by molar-refractivity contribution is 5.18. The Morgan fingerprint density at radius 3 is 2.00 bits per heavy atom. The third-order valence-corrected chi connectivity index (χ3v) is 1.73. The molecule has 0 radical (unpaired) electrons. The van der Waals surface area contributed by atoms with E-state index < -0.39 is 18.5 Å². The maximum atomic E-state index is 13.1. The largest absolute Gasteiger partial charge is 0.417 e. The average molecular weight is 208 g/mol. The van der Waals surface area contributed by atoms with E-state index in [-0.39, 0.29) is 5.56 Å². The Hall–Kier alpha value is -1.10. The standard InChI is InChI=1S/C9H8F4O/c10-7(8(14)9(11,12)13)6-4-2-1-3-5-6/h1-5,7-8,14H. The Bertz CT molecular complexity index is 283. The summed E-state index contributed by atoms with van der Waals surface area (Å²) in [5.41, 5.74) is -0.183. The van der Waals surface area contributed by atoms with Crippen LogP contribution in [0.5, 0.6) is 0 Å². The Labute approximate surface area is 78.0 Å². The maximum absolute atomic E-state index is 13.1. The molecule has 14 heavy (non-hydrogen) atoms. The summed E-state index contributed by atoms with van der Waals surface area (Å²) in [7, 11) is 0. The van der Waals surface area contributed by atoms with Crippen molar-refractivity contribution in [3.63, 3.8) is 0 Å². The predicted molar refractivity (Wildman–Crippen MR) is 42.4 cm³/mol. The van der Waals surface area contributed by atoms with Gasteiger partial charge >= 0.3 is 6.18 Å². The molecule has 0 saturated heterocycles. The molecule has 0 aromatic heterocycles. The Morgan fingerprint density at radius 2 is 1.57 bits per heavy atom. The molecule has 2 atom stereocenters. The number of alkyl halides is 4. The van der Waals surface area contributed by atoms with Crippen molar-refractivity contribution >= 4 is 0 Å². The summed E-state index contributed by atoms with van der Waals surface area (Å²) in [6, 6.07) is 6.76. The fourth-order valence-electron chi connectivity index (χ4n) is 0.985. The van der Waals surface area contributed by atoms with Gasteiger partial charge in [0.15, 0.2) is 12.3 Å². The molecule has 1 nitrogen and oxygen atoms in total. The van der Waals surface area contributed by atoms with Crippen molar-refractivity contribution in [2.24, 2.45) is 0 Å². The van der Waals surface area contributed by atoms with Crippen LogP contribution in [-0.4, -0.2) is 17.4 Å². The molecule has 0 amide bonds. The Balaban J connectivity index is 2.81. The second-order valence-electron chi connectivity index (χ2n) is 2.80. The van der Waals surface area contributed by atoms with Crippen molar-refractivity contribution in [1.29, 1.82) is 0 Å². The molecule has 1 N–H and O–H groups in total. The van der Waals surface area contributed by atoms with E-state index >= 15 is 0 Å². The van der Waals surface area contributed by atoms with Gasteiger partial charge in [-0.1, -0.05) is 30.3 Å². The van der Waals surface area contributed by atoms with Crippen LogP contribution in [0.4, 0.5) is 17.6 Å². The van der Waals surface area contributed by atoms with Gasteiger partial charge in [-0.3, -0.25) is 0 Å². The van der Waals surface area contributed by atoms with E-state index in [4.69, 9.17) is 5.11 Å². The number of halogens is 4. The molecule has 0 aliphatic heterocycles. The SMILES string of the molecule is OC(C(F)c1ccccc1)C(F)(F)F. The van der Waals surface area contributed by atoms with Gasteiger partial charge in [-0.15, -0.1) is 0 Å². The molecule has 0 bridgehead atoms. The quantitative estimate of drug-likeness (QED) is 0.740. The molecule has 1 aromatic carbocycles. The predicted octanol–water partition coefficient (Wildman–Crippen LogP) is 2.62. The van der Waals surface area contributed by atoms with Gasteiger partial charge < -0.3 is 5.11 Å². The lowest BCUT2D eigenvalue weighted by Gasteiger charge is -2.18. The zero-order chi connectivity index (χ0) is 10.8. The van der Waals surface area contributed by atoms with E-state index in [2.05, 4.69) is 0 Å². The summed E-state index contributed by atoms with van der Waals surface area (Å²) in [6.07, 6.45) is -10.3. The van der Waals surface area contributed by atoms with Gasteiger partial charge in [0.2, 0.25) is 0 Å². The lowest BCUT2D eigenvalue weighted by molar-refractivity contribution is -0.222. The summed E-state index contributed by atoms with van der Waals surface area (Å²) in [5, 5.41) is 8.61. The normalized spacial score (nSPS) is 16.4. The molecule has 78 valence electrons. The third kappa shape index (κ3) is 2.45. The molecule has 0 spiro atoms. The molecule has 2 unspecified atom stereocenters. The summed E-state index contributed by atoms with van der Waals surface area (Å²) < 4.78 is 48.7. The number of benzene rings is 1. The van der Waals surface area contributed by atoms with Gasteiger partial charge in [-0.25, -0.2) is 4.39 Å². The van der Waals surface area contributed by atoms with Crippen LogP contribution < -0.4 is 0 Å². The highest BCUT2D eigenvalue weighted by Gasteiger charge is 2.44. The second kappa shape index (κ2) is 3.96. The Kier molecular flexibility index (Phi) is 3.10. The van der Waals surface area contributed by atoms with Crippen LogP contribution in [-0.2, 0) is 0 Å². The van der Waals surface area contributed by atoms with Crippen molar-refractivity contribution in [3.05, 3.63) is 35.9 Å². The fraction of sp³-hybridized carbons (Fsp3) is 0.333. The van der Waals surface area contributed by atoms with Crippen LogP contribution in [0, 0.1) is 0 Å². The van der Waals surface area contributed by atoms with E-state index in [1.54, 1.807) is 6.07 Å². The molecular weight excluding hydrogens is 200 g/mol. The van der Waals surface area contributed by atoms with Crippen LogP contribution in [0.15, 0.2) is 30.3 Å². The molecule has 0 saturated carbocycles. The highest BCUT2D eigenvalue weighted by atomic mass is 19.4. The lowest BCUT2D eigenvalue weighted by Crippen LogP contribution is -2.32. The number of hydrogen-bond acceptors (Lipinski definition) is 1. The van der Waals surface area contributed by atoms with E-state index in [9.17, 15) is 17.6 Å². The first-order valence-electron chi connectivity index (χ1n) is 3.86. The zero-order valence-electron chi connectivity index (χ0n) is 7.00. The summed E-state index contributed by atoms with van der Waals surface area (Å²) in [5.74, 6) is 0. The van der Waals surface area contributed by atoms with Crippen molar-refractivity contribution in [2.45, 2.75) is 18.5 Å². The monoisotopic (exact) mass is 208 g/mol. The minimum Gasteiger partial charge on any atom is -0.381 e. The van der Waals surface area contributed by atoms with Crippen molar-refractivity contribution in [1.82, 2.24) is 0 Å². The zero-order valence-corrected chi connectivity index (χ0v) is 7.00. The minimum absolute atomic E-state index is 0.183. The molecule has 0 heterocycles. The summed E-state index contributed by atoms with van der Waals surface area (Å²) in [4.78, 5) is 0. The molecule has 0 aliphatic carbocycles. The van der Waals surface area contributed by atoms with E-state index in [0.717, 1.165) is 0 Å². The van der Waals surface area contributed by atoms with Crippen molar-refractivity contribution in [3.8, 4) is 0 Å². The third-order valence-electron chi connectivity index (χ3n) is 1.73. The number of rotatable bonds is 2. The molecule has 0 fully saturated rings. The molecule has 0 aliphatic rings. The smallest absolute Gasteiger partial charge is 0.381 e. The molecular formula is C9H8F4O. The van der Waals surface area contributed by atoms with Gasteiger partial charge in [0, 0.05) is 0 Å². The van der Waals surface area contributed by atoms with Gasteiger partial charge in [0.1, 0.15) is 0 Å². The lowest BCUT2D eigenvalue weighted by atomic mass is 10.1. The minimum atomic E-state index is -4.94. The van der Waals surface area contributed by atoms with Gasteiger partial charge in [0.25, 0.3) is 0 Å². The van der Waals surface area contributed by atoms with Gasteiger partial charge in [-0.2, -0.15) is 13.2 Å². The first kappa shape index (κ1) is 11.0. The van der Waals surface area contributed by atoms with E-state index in [1.807, 2.05) is 0 Å². The van der Waals surface area contributed by atoms with Gasteiger partial charge in [0.05, 0.1) is 0 Å². The second-order valence-corrected chi connectivity index (χ2v) is 2.80. The van der Waals surface area contributed by atoms with E-state index in [0.29, 0.717) is 0 Å². The Morgan fingerprint density at radius 1 is 1.07 bits per heavy atom. The fourth-order valence-corrected chi connectivity index (χ4v) is 0.985. The van der Waals surface area contributed by atoms with Gasteiger partial charge in [-0.05, 0) is 5.56 Å². The summed E-state index contributed by atoms with van der Waals surface area (Å²) >= 11 is 0. The van der Waals surface area contributed by atoms with Crippen LogP contribution in [0.2, 0.25) is 0 Å². The van der Waals surface area contributed by atoms with E-state index in [1.165, 1.54) is 24.3 Å². The average Bonchev–Trinajstić information content (AvgIpc) is 2.15. The van der Waals surface area contributed by atoms with Crippen LogP contribution in [0.25, 0.3) is 0 Å². The topological polar surface area (TPSA) is 20.2 Å². The first-order chi connectivity index (χ1) is 6.43. The highest BCUT2D eigenvalue weighted by Crippen LogP contribution is 2.32.